The average molecular weight is 346 g/mol. The molecular formula is C17H14N8O. The van der Waals surface area contributed by atoms with Crippen LogP contribution in [-0.4, -0.2) is 40.8 Å². The number of aromatic amines is 1. The van der Waals surface area contributed by atoms with Gasteiger partial charge in [0.2, 0.25) is 0 Å². The van der Waals surface area contributed by atoms with E-state index < -0.39 is 0 Å². The molecule has 0 aliphatic carbocycles. The number of hydrogen-bond acceptors (Lipinski definition) is 6. The Balaban J connectivity index is 1.63. The molecule has 0 aliphatic heterocycles. The molecule has 0 spiro atoms. The van der Waals surface area contributed by atoms with Crippen molar-refractivity contribution in [2.45, 2.75) is 0 Å². The van der Waals surface area contributed by atoms with Crippen molar-refractivity contribution in [2.24, 2.45) is 7.05 Å². The van der Waals surface area contributed by atoms with E-state index in [2.05, 4.69) is 35.6 Å². The normalized spacial score (nSPS) is 10.7. The third-order valence-corrected chi connectivity index (χ3v) is 3.65. The lowest BCUT2D eigenvalue weighted by Crippen LogP contribution is -2.14. The molecule has 26 heavy (non-hydrogen) atoms. The number of anilines is 1. The van der Waals surface area contributed by atoms with Gasteiger partial charge in [0.1, 0.15) is 11.4 Å². The van der Waals surface area contributed by atoms with Gasteiger partial charge in [0.25, 0.3) is 5.91 Å². The van der Waals surface area contributed by atoms with E-state index in [1.54, 1.807) is 42.7 Å². The molecule has 4 rings (SSSR count). The Kier molecular flexibility index (Phi) is 3.94. The first-order valence-corrected chi connectivity index (χ1v) is 7.78. The minimum atomic E-state index is -0.381. The predicted octanol–water partition coefficient (Wildman–Crippen LogP) is 1.91. The van der Waals surface area contributed by atoms with Crippen molar-refractivity contribution in [1.29, 1.82) is 0 Å². The van der Waals surface area contributed by atoms with Gasteiger partial charge in [-0.1, -0.05) is 6.07 Å². The van der Waals surface area contributed by atoms with E-state index in [-0.39, 0.29) is 11.6 Å². The Hall–Kier alpha value is -3.88. The quantitative estimate of drug-likeness (QED) is 0.583. The maximum Gasteiger partial charge on any atom is 0.275 e. The van der Waals surface area contributed by atoms with Crippen LogP contribution in [0.4, 0.5) is 5.69 Å². The molecule has 0 bridgehead atoms. The molecule has 0 fully saturated rings. The number of H-pyrrole nitrogens is 1. The number of pyridine rings is 1. The lowest BCUT2D eigenvalue weighted by atomic mass is 10.2. The van der Waals surface area contributed by atoms with Gasteiger partial charge in [-0.2, -0.15) is 10.2 Å². The largest absolute Gasteiger partial charge is 0.317 e. The Morgan fingerprint density at radius 1 is 1.19 bits per heavy atom. The van der Waals surface area contributed by atoms with Gasteiger partial charge in [-0.3, -0.25) is 24.5 Å². The highest BCUT2D eigenvalue weighted by Crippen LogP contribution is 2.24. The number of aryl methyl sites for hydroxylation is 1. The summed E-state index contributed by atoms with van der Waals surface area (Å²) in [6.45, 7) is 0. The van der Waals surface area contributed by atoms with Gasteiger partial charge in [0.05, 0.1) is 35.7 Å². The molecule has 2 N–H and O–H groups in total. The van der Waals surface area contributed by atoms with Crippen molar-refractivity contribution < 1.29 is 4.79 Å². The van der Waals surface area contributed by atoms with E-state index in [4.69, 9.17) is 0 Å². The second-order valence-electron chi connectivity index (χ2n) is 5.51. The van der Waals surface area contributed by atoms with Gasteiger partial charge < -0.3 is 5.32 Å². The van der Waals surface area contributed by atoms with E-state index in [9.17, 15) is 4.79 Å². The maximum atomic E-state index is 12.6. The first-order valence-electron chi connectivity index (χ1n) is 7.78. The van der Waals surface area contributed by atoms with Crippen LogP contribution in [0, 0.1) is 0 Å². The molecule has 1 amide bonds. The van der Waals surface area contributed by atoms with Crippen LogP contribution in [0.5, 0.6) is 0 Å². The summed E-state index contributed by atoms with van der Waals surface area (Å²) in [6, 6.07) is 5.52. The summed E-state index contributed by atoms with van der Waals surface area (Å²) < 4.78 is 1.62. The molecule has 4 aromatic rings. The average Bonchev–Trinajstić information content (AvgIpc) is 3.32. The summed E-state index contributed by atoms with van der Waals surface area (Å²) >= 11 is 0. The fraction of sp³-hybridized carbons (Fsp3) is 0.0588. The summed E-state index contributed by atoms with van der Waals surface area (Å²) in [6.07, 6.45) is 9.68. The van der Waals surface area contributed by atoms with Crippen LogP contribution in [-0.2, 0) is 7.05 Å². The molecule has 4 aromatic heterocycles. The number of carbonyl (C=O) groups is 1. The first-order chi connectivity index (χ1) is 12.7. The van der Waals surface area contributed by atoms with Crippen LogP contribution in [0.2, 0.25) is 0 Å². The molecular weight excluding hydrogens is 332 g/mol. The molecule has 9 heteroatoms. The van der Waals surface area contributed by atoms with Crippen molar-refractivity contribution in [3.63, 3.8) is 0 Å². The first kappa shape index (κ1) is 15.6. The van der Waals surface area contributed by atoms with Crippen molar-refractivity contribution in [2.75, 3.05) is 5.32 Å². The van der Waals surface area contributed by atoms with E-state index >= 15 is 0 Å². The van der Waals surface area contributed by atoms with Crippen LogP contribution in [0.25, 0.3) is 22.6 Å². The minimum absolute atomic E-state index is 0.194. The maximum absolute atomic E-state index is 12.6. The van der Waals surface area contributed by atoms with Gasteiger partial charge in [-0.15, -0.1) is 0 Å². The SMILES string of the molecule is Cn1cc(NC(=O)c2cncc(-c3cn[nH]c3)n2)c(-c2ccccn2)n1. The number of nitrogens with zero attached hydrogens (tertiary/aromatic N) is 6. The second kappa shape index (κ2) is 6.55. The van der Waals surface area contributed by atoms with Crippen molar-refractivity contribution in [3.8, 4) is 22.6 Å². The fourth-order valence-corrected chi connectivity index (χ4v) is 2.46. The standard InChI is InChI=1S/C17H14N8O/c1-25-10-15(16(24-25)12-4-2-3-5-19-12)23-17(26)14-9-18-8-13(22-14)11-6-20-21-7-11/h2-10H,1H3,(H,20,21)(H,23,26). The smallest absolute Gasteiger partial charge is 0.275 e. The molecule has 4 heterocycles. The summed E-state index contributed by atoms with van der Waals surface area (Å²) in [5, 5.41) is 13.8. The van der Waals surface area contributed by atoms with Gasteiger partial charge >= 0.3 is 0 Å². The van der Waals surface area contributed by atoms with E-state index in [0.717, 1.165) is 5.56 Å². The van der Waals surface area contributed by atoms with E-state index in [1.807, 2.05) is 18.2 Å². The fourth-order valence-electron chi connectivity index (χ4n) is 2.46. The lowest BCUT2D eigenvalue weighted by molar-refractivity contribution is 0.102. The number of rotatable bonds is 4. The highest BCUT2D eigenvalue weighted by atomic mass is 16.1. The van der Waals surface area contributed by atoms with Gasteiger partial charge in [0.15, 0.2) is 0 Å². The summed E-state index contributed by atoms with van der Waals surface area (Å²) in [5.41, 5.74) is 3.30. The van der Waals surface area contributed by atoms with Crippen LogP contribution < -0.4 is 5.32 Å². The Labute approximate surface area is 148 Å². The Morgan fingerprint density at radius 2 is 2.12 bits per heavy atom. The molecule has 0 saturated carbocycles. The second-order valence-corrected chi connectivity index (χ2v) is 5.51. The molecule has 0 unspecified atom stereocenters. The van der Waals surface area contributed by atoms with Crippen LogP contribution in [0.3, 0.4) is 0 Å². The predicted molar refractivity (Wildman–Crippen MR) is 94.0 cm³/mol. The van der Waals surface area contributed by atoms with Crippen molar-refractivity contribution in [3.05, 3.63) is 61.1 Å². The van der Waals surface area contributed by atoms with Gasteiger partial charge in [-0.25, -0.2) is 4.98 Å². The summed E-state index contributed by atoms with van der Waals surface area (Å²) in [5.74, 6) is -0.381. The number of nitrogens with one attached hydrogen (secondary N) is 2. The zero-order valence-corrected chi connectivity index (χ0v) is 13.8. The lowest BCUT2D eigenvalue weighted by Gasteiger charge is -2.05. The highest BCUT2D eigenvalue weighted by Gasteiger charge is 2.16. The zero-order chi connectivity index (χ0) is 17.9. The van der Waals surface area contributed by atoms with Crippen LogP contribution in [0.1, 0.15) is 10.5 Å². The van der Waals surface area contributed by atoms with Gasteiger partial charge in [0, 0.05) is 31.2 Å². The third kappa shape index (κ3) is 3.05. The monoisotopic (exact) mass is 346 g/mol. The highest BCUT2D eigenvalue weighted by molar-refractivity contribution is 6.04. The van der Waals surface area contributed by atoms with E-state index in [1.165, 1.54) is 6.20 Å². The number of hydrogen-bond donors (Lipinski definition) is 2. The number of amides is 1. The number of carbonyl (C=O) groups excluding carboxylic acids is 1. The topological polar surface area (TPSA) is 114 Å². The van der Waals surface area contributed by atoms with Gasteiger partial charge in [-0.05, 0) is 12.1 Å². The Morgan fingerprint density at radius 3 is 2.88 bits per heavy atom. The molecule has 128 valence electrons. The molecule has 9 nitrogen and oxygen atoms in total. The molecule has 0 saturated heterocycles. The van der Waals surface area contributed by atoms with Crippen molar-refractivity contribution in [1.82, 2.24) is 34.9 Å². The Bertz CT molecular complexity index is 1040. The molecule has 0 aliphatic rings. The molecule has 0 atom stereocenters. The minimum Gasteiger partial charge on any atom is -0.317 e. The summed E-state index contributed by atoms with van der Waals surface area (Å²) in [7, 11) is 1.78. The molecule has 0 aromatic carbocycles. The summed E-state index contributed by atoms with van der Waals surface area (Å²) in [4.78, 5) is 25.4. The van der Waals surface area contributed by atoms with Crippen molar-refractivity contribution >= 4 is 11.6 Å². The molecule has 0 radical (unpaired) electrons. The van der Waals surface area contributed by atoms with E-state index in [0.29, 0.717) is 22.8 Å². The zero-order valence-electron chi connectivity index (χ0n) is 13.8. The van der Waals surface area contributed by atoms with Crippen LogP contribution >= 0.6 is 0 Å². The number of aromatic nitrogens is 7. The third-order valence-electron chi connectivity index (χ3n) is 3.65. The van der Waals surface area contributed by atoms with Crippen LogP contribution in [0.15, 0.2) is 55.4 Å².